The maximum absolute atomic E-state index is 12.6. The third-order valence-electron chi connectivity index (χ3n) is 3.51. The maximum atomic E-state index is 12.6. The van der Waals surface area contributed by atoms with Crippen LogP contribution in [0.5, 0.6) is 0 Å². The van der Waals surface area contributed by atoms with Gasteiger partial charge in [-0.05, 0) is 22.0 Å². The summed E-state index contributed by atoms with van der Waals surface area (Å²) in [6.07, 6.45) is -2.01. The first kappa shape index (κ1) is 19.8. The predicted molar refractivity (Wildman–Crippen MR) is 96.8 cm³/mol. The van der Waals surface area contributed by atoms with E-state index in [0.717, 1.165) is 26.9 Å². The van der Waals surface area contributed by atoms with Crippen LogP contribution in [0.1, 0.15) is 16.4 Å². The number of aromatic nitrogens is 2. The molecule has 0 saturated carbocycles. The quantitative estimate of drug-likeness (QED) is 0.574. The van der Waals surface area contributed by atoms with Crippen molar-refractivity contribution >= 4 is 33.2 Å². The van der Waals surface area contributed by atoms with Gasteiger partial charge < -0.3 is 14.8 Å². The Morgan fingerprint density at radius 2 is 2.20 bits per heavy atom. The minimum Gasteiger partial charge on any atom is -0.356 e. The lowest BCUT2D eigenvalue weighted by Gasteiger charge is -2.22. The zero-order chi connectivity index (χ0) is 18.6. The van der Waals surface area contributed by atoms with E-state index in [0.29, 0.717) is 30.5 Å². The van der Waals surface area contributed by atoms with Crippen LogP contribution in [0.3, 0.4) is 0 Å². The van der Waals surface area contributed by atoms with Crippen LogP contribution < -0.4 is 5.32 Å². The average molecular weight is 438 g/mol. The average Bonchev–Trinajstić information content (AvgIpc) is 3.10. The van der Waals surface area contributed by atoms with E-state index in [2.05, 4.69) is 31.2 Å². The number of guanidine groups is 1. The molecule has 0 radical (unpaired) electrons. The zero-order valence-corrected chi connectivity index (χ0v) is 16.5. The Labute approximate surface area is 156 Å². The van der Waals surface area contributed by atoms with E-state index < -0.39 is 11.9 Å². The van der Waals surface area contributed by atoms with Gasteiger partial charge in [0.25, 0.3) is 0 Å². The number of aliphatic imine (C=N–C) groups is 1. The van der Waals surface area contributed by atoms with Crippen molar-refractivity contribution in [1.29, 1.82) is 0 Å². The van der Waals surface area contributed by atoms with Crippen molar-refractivity contribution in [2.45, 2.75) is 19.1 Å². The second kappa shape index (κ2) is 8.22. The third kappa shape index (κ3) is 5.46. The molecule has 0 saturated heterocycles. The van der Waals surface area contributed by atoms with Gasteiger partial charge in [-0.25, -0.2) is 4.98 Å². The number of alkyl halides is 3. The van der Waals surface area contributed by atoms with E-state index in [4.69, 9.17) is 0 Å². The van der Waals surface area contributed by atoms with Crippen molar-refractivity contribution in [1.82, 2.24) is 19.8 Å². The Bertz CT molecular complexity index is 738. The van der Waals surface area contributed by atoms with Crippen LogP contribution >= 0.6 is 27.3 Å². The normalized spacial score (nSPS) is 12.5. The topological polar surface area (TPSA) is 45.5 Å². The fraction of sp³-hybridized carbons (Fsp3) is 0.467. The highest BCUT2D eigenvalue weighted by molar-refractivity contribution is 9.10. The van der Waals surface area contributed by atoms with Crippen LogP contribution in [0.15, 0.2) is 27.1 Å². The standard InChI is InChI=1S/C15H19BrF3N5S/c1-20-14(24(3)8-11-6-10(16)7-23(11)2)21-5-4-13-22-12(9-25-13)15(17,18)19/h6-7,9H,4-5,8H2,1-3H3,(H,20,21). The Hall–Kier alpha value is -1.55. The van der Waals surface area contributed by atoms with E-state index in [1.165, 1.54) is 0 Å². The molecule has 0 amide bonds. The Morgan fingerprint density at radius 3 is 2.72 bits per heavy atom. The van der Waals surface area contributed by atoms with E-state index in [-0.39, 0.29) is 0 Å². The molecule has 138 valence electrons. The van der Waals surface area contributed by atoms with Crippen LogP contribution in [0, 0.1) is 0 Å². The summed E-state index contributed by atoms with van der Waals surface area (Å²) >= 11 is 4.46. The molecular formula is C15H19BrF3N5S. The number of nitrogens with zero attached hydrogens (tertiary/aromatic N) is 4. The molecule has 5 nitrogen and oxygen atoms in total. The van der Waals surface area contributed by atoms with Crippen LogP contribution in [0.4, 0.5) is 13.2 Å². The number of hydrogen-bond donors (Lipinski definition) is 1. The molecule has 2 rings (SSSR count). The highest BCUT2D eigenvalue weighted by Gasteiger charge is 2.33. The fourth-order valence-corrected chi connectivity index (χ4v) is 3.64. The minimum absolute atomic E-state index is 0.406. The van der Waals surface area contributed by atoms with Gasteiger partial charge in [0, 0.05) is 55.9 Å². The highest BCUT2D eigenvalue weighted by atomic mass is 79.9. The molecule has 0 aliphatic rings. The molecule has 2 aromatic rings. The molecule has 10 heteroatoms. The first-order valence-corrected chi connectivity index (χ1v) is 9.12. The third-order valence-corrected chi connectivity index (χ3v) is 4.85. The van der Waals surface area contributed by atoms with E-state index in [1.807, 2.05) is 35.8 Å². The summed E-state index contributed by atoms with van der Waals surface area (Å²) in [5, 5.41) is 4.65. The molecule has 0 unspecified atom stereocenters. The van der Waals surface area contributed by atoms with Gasteiger partial charge >= 0.3 is 6.18 Å². The van der Waals surface area contributed by atoms with Gasteiger partial charge in [0.1, 0.15) is 0 Å². The van der Waals surface area contributed by atoms with Crippen molar-refractivity contribution in [3.63, 3.8) is 0 Å². The number of hydrogen-bond acceptors (Lipinski definition) is 3. The SMILES string of the molecule is CN=C(NCCc1nc(C(F)(F)F)cs1)N(C)Cc1cc(Br)cn1C. The summed E-state index contributed by atoms with van der Waals surface area (Å²) in [5.74, 6) is 0.671. The lowest BCUT2D eigenvalue weighted by Crippen LogP contribution is -2.39. The summed E-state index contributed by atoms with van der Waals surface area (Å²) in [4.78, 5) is 9.78. The van der Waals surface area contributed by atoms with Gasteiger partial charge in [-0.15, -0.1) is 11.3 Å². The first-order valence-electron chi connectivity index (χ1n) is 7.45. The minimum atomic E-state index is -4.39. The second-order valence-corrected chi connectivity index (χ2v) is 7.32. The Balaban J connectivity index is 1.87. The number of thiazole rings is 1. The Kier molecular flexibility index (Phi) is 6.50. The lowest BCUT2D eigenvalue weighted by molar-refractivity contribution is -0.140. The van der Waals surface area contributed by atoms with Crippen LogP contribution in [-0.2, 0) is 26.2 Å². The van der Waals surface area contributed by atoms with Crippen molar-refractivity contribution in [2.24, 2.45) is 12.0 Å². The molecular weight excluding hydrogens is 419 g/mol. The molecule has 25 heavy (non-hydrogen) atoms. The van der Waals surface area contributed by atoms with Crippen molar-refractivity contribution < 1.29 is 13.2 Å². The monoisotopic (exact) mass is 437 g/mol. The second-order valence-electron chi connectivity index (χ2n) is 5.46. The van der Waals surface area contributed by atoms with Crippen molar-refractivity contribution in [2.75, 3.05) is 20.6 Å². The van der Waals surface area contributed by atoms with Crippen LogP contribution in [-0.4, -0.2) is 41.1 Å². The van der Waals surface area contributed by atoms with Crippen LogP contribution in [0.25, 0.3) is 0 Å². The van der Waals surface area contributed by atoms with Gasteiger partial charge in [-0.2, -0.15) is 13.2 Å². The lowest BCUT2D eigenvalue weighted by atomic mass is 10.4. The molecule has 1 N–H and O–H groups in total. The number of rotatable bonds is 5. The van der Waals surface area contributed by atoms with Gasteiger partial charge in [-0.1, -0.05) is 0 Å². The first-order chi connectivity index (χ1) is 11.7. The number of nitrogens with one attached hydrogen (secondary N) is 1. The smallest absolute Gasteiger partial charge is 0.356 e. The molecule has 0 bridgehead atoms. The predicted octanol–water partition coefficient (Wildman–Crippen LogP) is 3.51. The van der Waals surface area contributed by atoms with E-state index >= 15 is 0 Å². The van der Waals surface area contributed by atoms with E-state index in [9.17, 15) is 13.2 Å². The Morgan fingerprint density at radius 1 is 1.48 bits per heavy atom. The summed E-state index contributed by atoms with van der Waals surface area (Å²) in [7, 11) is 5.54. The maximum Gasteiger partial charge on any atom is 0.434 e. The van der Waals surface area contributed by atoms with Crippen molar-refractivity contribution in [3.8, 4) is 0 Å². The molecule has 0 spiro atoms. The number of halogens is 4. The van der Waals surface area contributed by atoms with Gasteiger partial charge in [-0.3, -0.25) is 4.99 Å². The number of aryl methyl sites for hydroxylation is 1. The molecule has 2 aromatic heterocycles. The van der Waals surface area contributed by atoms with Gasteiger partial charge in [0.15, 0.2) is 11.7 Å². The summed E-state index contributed by atoms with van der Waals surface area (Å²) in [6, 6.07) is 2.03. The zero-order valence-electron chi connectivity index (χ0n) is 14.1. The van der Waals surface area contributed by atoms with Crippen molar-refractivity contribution in [3.05, 3.63) is 38.5 Å². The van der Waals surface area contributed by atoms with Gasteiger partial charge in [0.05, 0.1) is 11.6 Å². The van der Waals surface area contributed by atoms with Crippen LogP contribution in [0.2, 0.25) is 0 Å². The summed E-state index contributed by atoms with van der Waals surface area (Å²) in [5.41, 5.74) is 0.273. The van der Waals surface area contributed by atoms with Gasteiger partial charge in [0.2, 0.25) is 0 Å². The van der Waals surface area contributed by atoms with E-state index in [1.54, 1.807) is 7.05 Å². The molecule has 0 aliphatic heterocycles. The summed E-state index contributed by atoms with van der Waals surface area (Å²) < 4.78 is 40.7. The largest absolute Gasteiger partial charge is 0.434 e. The highest BCUT2D eigenvalue weighted by Crippen LogP contribution is 2.30. The molecule has 0 aliphatic carbocycles. The summed E-state index contributed by atoms with van der Waals surface area (Å²) in [6.45, 7) is 1.11. The molecule has 0 atom stereocenters. The molecule has 0 aromatic carbocycles. The molecule has 0 fully saturated rings. The molecule has 2 heterocycles. The fourth-order valence-electron chi connectivity index (χ4n) is 2.26.